The number of hydrogen-bond donors (Lipinski definition) is 3. The molecule has 3 aromatic rings. The number of benzene rings is 2. The zero-order valence-electron chi connectivity index (χ0n) is 24.2. The van der Waals surface area contributed by atoms with E-state index in [1.54, 1.807) is 11.6 Å². The van der Waals surface area contributed by atoms with Gasteiger partial charge in [-0.05, 0) is 61.3 Å². The molecule has 11 heteroatoms. The van der Waals surface area contributed by atoms with Crippen molar-refractivity contribution in [3.63, 3.8) is 0 Å². The quantitative estimate of drug-likeness (QED) is 0.173. The molecule has 2 heterocycles. The van der Waals surface area contributed by atoms with E-state index < -0.39 is 11.9 Å². The number of piperidine rings is 1. The molecule has 5 N–H and O–H groups in total. The Kier molecular flexibility index (Phi) is 11.0. The minimum absolute atomic E-state index is 0.203. The number of para-hydroxylation sites is 1. The Labute approximate surface area is 245 Å². The van der Waals surface area contributed by atoms with E-state index in [1.165, 1.54) is 10.1 Å². The van der Waals surface area contributed by atoms with Gasteiger partial charge in [0.25, 0.3) is 0 Å². The topological polar surface area (TPSA) is 161 Å². The van der Waals surface area contributed by atoms with Crippen LogP contribution >= 0.6 is 0 Å². The first-order chi connectivity index (χ1) is 20.2. The van der Waals surface area contributed by atoms with Crippen molar-refractivity contribution in [3.8, 4) is 0 Å². The highest BCUT2D eigenvalue weighted by Crippen LogP contribution is 2.25. The first kappa shape index (κ1) is 31.1. The molecule has 1 aliphatic rings. The van der Waals surface area contributed by atoms with E-state index in [-0.39, 0.29) is 36.4 Å². The van der Waals surface area contributed by atoms with Crippen molar-refractivity contribution < 1.29 is 23.9 Å². The van der Waals surface area contributed by atoms with Gasteiger partial charge in [0.2, 0.25) is 17.7 Å². The second-order valence-electron chi connectivity index (χ2n) is 10.9. The summed E-state index contributed by atoms with van der Waals surface area (Å²) >= 11 is 0. The molecule has 1 fully saturated rings. The van der Waals surface area contributed by atoms with E-state index in [1.807, 2.05) is 30.3 Å². The van der Waals surface area contributed by atoms with Crippen molar-refractivity contribution in [2.24, 2.45) is 18.5 Å². The number of amides is 3. The van der Waals surface area contributed by atoms with Crippen LogP contribution in [0.4, 0.5) is 0 Å². The SMILES string of the molecule is Cn1c(=O)n(C2CCC(=O)NC2=O)c2cccc(CCCOCCCc3ccc(COC[C@@H](N)CCC(N)=O)cc3)c21. The second-order valence-corrected chi connectivity index (χ2v) is 10.9. The molecule has 2 aromatic carbocycles. The Morgan fingerprint density at radius 1 is 1.02 bits per heavy atom. The third kappa shape index (κ3) is 8.15. The summed E-state index contributed by atoms with van der Waals surface area (Å²) in [6.45, 7) is 2.12. The number of hydrogen-bond acceptors (Lipinski definition) is 7. The predicted molar refractivity (Wildman–Crippen MR) is 159 cm³/mol. The van der Waals surface area contributed by atoms with Gasteiger partial charge in [0.05, 0.1) is 24.2 Å². The lowest BCUT2D eigenvalue weighted by molar-refractivity contribution is -0.135. The molecule has 4 rings (SSSR count). The molecular weight excluding hydrogens is 538 g/mol. The lowest BCUT2D eigenvalue weighted by Crippen LogP contribution is -2.44. The molecule has 1 aliphatic heterocycles. The molecule has 1 aromatic heterocycles. The second kappa shape index (κ2) is 14.9. The van der Waals surface area contributed by atoms with Gasteiger partial charge in [0.15, 0.2) is 0 Å². The maximum Gasteiger partial charge on any atom is 0.329 e. The largest absolute Gasteiger partial charge is 0.381 e. The highest BCUT2D eigenvalue weighted by Gasteiger charge is 2.31. The number of nitrogens with one attached hydrogen (secondary N) is 1. The minimum atomic E-state index is -0.688. The van der Waals surface area contributed by atoms with Crippen LogP contribution in [-0.4, -0.2) is 52.7 Å². The first-order valence-corrected chi connectivity index (χ1v) is 14.5. The van der Waals surface area contributed by atoms with Crippen LogP contribution in [0.5, 0.6) is 0 Å². The van der Waals surface area contributed by atoms with Crippen LogP contribution in [0.2, 0.25) is 0 Å². The highest BCUT2D eigenvalue weighted by molar-refractivity contribution is 6.00. The number of carbonyl (C=O) groups excluding carboxylic acids is 3. The third-order valence-corrected chi connectivity index (χ3v) is 7.58. The van der Waals surface area contributed by atoms with Crippen LogP contribution in [0.1, 0.15) is 61.3 Å². The zero-order valence-corrected chi connectivity index (χ0v) is 24.2. The van der Waals surface area contributed by atoms with E-state index in [0.29, 0.717) is 44.8 Å². The number of carbonyl (C=O) groups is 3. The van der Waals surface area contributed by atoms with E-state index in [0.717, 1.165) is 42.3 Å². The molecular formula is C31H41N5O6. The van der Waals surface area contributed by atoms with Crippen LogP contribution in [-0.2, 0) is 50.4 Å². The van der Waals surface area contributed by atoms with Crippen LogP contribution < -0.4 is 22.5 Å². The summed E-state index contributed by atoms with van der Waals surface area (Å²) in [5.41, 5.74) is 15.7. The standard InChI is InChI=1S/C31H41N5O6/c1-35-29-23(6-2-8-25(29)36(31(35)40)26-14-16-28(38)34-30(26)39)7-4-18-41-17-3-5-21-9-11-22(12-10-21)19-42-20-24(32)13-15-27(33)37/h2,6,8-12,24,26H,3-5,7,13-20,32H2,1H3,(H2,33,37)(H,34,38,39)/t24-,26?/m0/s1. The van der Waals surface area contributed by atoms with E-state index in [2.05, 4.69) is 17.4 Å². The van der Waals surface area contributed by atoms with Gasteiger partial charge in [-0.25, -0.2) is 4.79 Å². The summed E-state index contributed by atoms with van der Waals surface area (Å²) < 4.78 is 14.6. The van der Waals surface area contributed by atoms with E-state index >= 15 is 0 Å². The maximum absolute atomic E-state index is 13.1. The Hall–Kier alpha value is -3.80. The summed E-state index contributed by atoms with van der Waals surface area (Å²) in [4.78, 5) is 47.9. The van der Waals surface area contributed by atoms with Gasteiger partial charge in [-0.15, -0.1) is 0 Å². The normalized spacial score (nSPS) is 16.1. The highest BCUT2D eigenvalue weighted by atomic mass is 16.5. The first-order valence-electron chi connectivity index (χ1n) is 14.5. The molecule has 0 radical (unpaired) electrons. The number of aryl methyl sites for hydroxylation is 3. The minimum Gasteiger partial charge on any atom is -0.381 e. The fraction of sp³-hybridized carbons (Fsp3) is 0.484. The summed E-state index contributed by atoms with van der Waals surface area (Å²) in [5.74, 6) is -1.09. The monoisotopic (exact) mass is 579 g/mol. The Morgan fingerprint density at radius 3 is 2.45 bits per heavy atom. The summed E-state index contributed by atoms with van der Waals surface area (Å²) in [6.07, 6.45) is 4.68. The lowest BCUT2D eigenvalue weighted by Gasteiger charge is -2.21. The molecule has 0 bridgehead atoms. The number of primary amides is 1. The number of imide groups is 1. The number of imidazole rings is 1. The molecule has 0 spiro atoms. The molecule has 2 atom stereocenters. The lowest BCUT2D eigenvalue weighted by atomic mass is 10.0. The summed E-state index contributed by atoms with van der Waals surface area (Å²) in [7, 11) is 1.72. The molecule has 11 nitrogen and oxygen atoms in total. The number of aromatic nitrogens is 2. The van der Waals surface area contributed by atoms with Crippen molar-refractivity contribution in [2.45, 2.75) is 70.1 Å². The van der Waals surface area contributed by atoms with E-state index in [4.69, 9.17) is 20.9 Å². The summed E-state index contributed by atoms with van der Waals surface area (Å²) in [5, 5.41) is 2.35. The molecule has 0 aliphatic carbocycles. The molecule has 1 unspecified atom stereocenters. The van der Waals surface area contributed by atoms with E-state index in [9.17, 15) is 19.2 Å². The van der Waals surface area contributed by atoms with Crippen LogP contribution in [0.3, 0.4) is 0 Å². The van der Waals surface area contributed by atoms with Crippen molar-refractivity contribution in [3.05, 3.63) is 69.6 Å². The number of nitrogens with zero attached hydrogens (tertiary/aromatic N) is 2. The average molecular weight is 580 g/mol. The average Bonchev–Trinajstić information content (AvgIpc) is 3.22. The molecule has 3 amide bonds. The number of fused-ring (bicyclic) bond motifs is 1. The fourth-order valence-electron chi connectivity index (χ4n) is 5.34. The number of rotatable bonds is 16. The van der Waals surface area contributed by atoms with Crippen LogP contribution in [0.25, 0.3) is 11.0 Å². The van der Waals surface area contributed by atoms with Gasteiger partial charge in [0, 0.05) is 39.1 Å². The van der Waals surface area contributed by atoms with Gasteiger partial charge in [-0.1, -0.05) is 36.4 Å². The Morgan fingerprint density at radius 2 is 1.74 bits per heavy atom. The van der Waals surface area contributed by atoms with Gasteiger partial charge < -0.3 is 20.9 Å². The van der Waals surface area contributed by atoms with Crippen molar-refractivity contribution in [1.29, 1.82) is 0 Å². The van der Waals surface area contributed by atoms with Crippen LogP contribution in [0, 0.1) is 0 Å². The summed E-state index contributed by atoms with van der Waals surface area (Å²) in [6, 6.07) is 13.2. The zero-order chi connectivity index (χ0) is 30.1. The van der Waals surface area contributed by atoms with Gasteiger partial charge in [-0.3, -0.25) is 28.8 Å². The van der Waals surface area contributed by atoms with Crippen molar-refractivity contribution in [2.75, 3.05) is 19.8 Å². The maximum atomic E-state index is 13.1. The Bertz CT molecular complexity index is 1440. The predicted octanol–water partition coefficient (Wildman–Crippen LogP) is 2.01. The third-order valence-electron chi connectivity index (χ3n) is 7.58. The number of nitrogens with two attached hydrogens (primary N) is 2. The smallest absolute Gasteiger partial charge is 0.329 e. The van der Waals surface area contributed by atoms with Gasteiger partial charge >= 0.3 is 5.69 Å². The molecule has 0 saturated carbocycles. The van der Waals surface area contributed by atoms with Crippen molar-refractivity contribution in [1.82, 2.24) is 14.5 Å². The van der Waals surface area contributed by atoms with Gasteiger partial charge in [0.1, 0.15) is 6.04 Å². The molecule has 1 saturated heterocycles. The van der Waals surface area contributed by atoms with Gasteiger partial charge in [-0.2, -0.15) is 0 Å². The molecule has 42 heavy (non-hydrogen) atoms. The number of ether oxygens (including phenoxy) is 2. The Balaban J connectivity index is 1.18. The fourth-order valence-corrected chi connectivity index (χ4v) is 5.34. The van der Waals surface area contributed by atoms with Crippen molar-refractivity contribution >= 4 is 28.8 Å². The van der Waals surface area contributed by atoms with Crippen LogP contribution in [0.15, 0.2) is 47.3 Å². The molecule has 226 valence electrons.